The van der Waals surface area contributed by atoms with E-state index in [9.17, 15) is 0 Å². The number of piperidine rings is 1. The standard InChI is InChI=1S/C16H26N2O/c1-13-5-3-7-15(9-13)16(17)11-18-8-4-6-14(10-18)12-19-2/h3,5,7,9,14,16H,4,6,8,10-12,17H2,1-2H3. The van der Waals surface area contributed by atoms with Gasteiger partial charge in [-0.25, -0.2) is 0 Å². The molecule has 0 aliphatic carbocycles. The van der Waals surface area contributed by atoms with E-state index in [2.05, 4.69) is 36.1 Å². The molecule has 0 radical (unpaired) electrons. The van der Waals surface area contributed by atoms with Gasteiger partial charge >= 0.3 is 0 Å². The van der Waals surface area contributed by atoms with Crippen LogP contribution in [0.2, 0.25) is 0 Å². The molecule has 106 valence electrons. The van der Waals surface area contributed by atoms with Crippen molar-refractivity contribution in [3.05, 3.63) is 35.4 Å². The Bertz CT molecular complexity index is 392. The average Bonchev–Trinajstić information content (AvgIpc) is 2.39. The van der Waals surface area contributed by atoms with Crippen LogP contribution in [0.3, 0.4) is 0 Å². The topological polar surface area (TPSA) is 38.5 Å². The predicted molar refractivity (Wildman–Crippen MR) is 79.1 cm³/mol. The molecule has 0 spiro atoms. The maximum Gasteiger partial charge on any atom is 0.0502 e. The molecule has 1 aliphatic heterocycles. The van der Waals surface area contributed by atoms with E-state index in [1.165, 1.54) is 30.5 Å². The summed E-state index contributed by atoms with van der Waals surface area (Å²) >= 11 is 0. The molecule has 0 aromatic heterocycles. The second-order valence-corrected chi connectivity index (χ2v) is 5.74. The van der Waals surface area contributed by atoms with E-state index in [0.717, 1.165) is 19.7 Å². The zero-order valence-electron chi connectivity index (χ0n) is 12.1. The third-order valence-corrected chi connectivity index (χ3v) is 3.93. The molecule has 1 aromatic rings. The largest absolute Gasteiger partial charge is 0.384 e. The fourth-order valence-corrected chi connectivity index (χ4v) is 2.97. The zero-order chi connectivity index (χ0) is 13.7. The normalized spacial score (nSPS) is 22.4. The van der Waals surface area contributed by atoms with Gasteiger partial charge in [-0.15, -0.1) is 0 Å². The lowest BCUT2D eigenvalue weighted by Gasteiger charge is -2.34. The van der Waals surface area contributed by atoms with Gasteiger partial charge < -0.3 is 15.4 Å². The minimum atomic E-state index is 0.112. The van der Waals surface area contributed by atoms with Crippen molar-refractivity contribution < 1.29 is 4.74 Å². The number of nitrogens with two attached hydrogens (primary N) is 1. The summed E-state index contributed by atoms with van der Waals surface area (Å²) in [7, 11) is 1.79. The Labute approximate surface area is 116 Å². The lowest BCUT2D eigenvalue weighted by atomic mass is 9.97. The van der Waals surface area contributed by atoms with Crippen LogP contribution in [0.1, 0.15) is 30.0 Å². The number of hydrogen-bond acceptors (Lipinski definition) is 3. The van der Waals surface area contributed by atoms with Gasteiger partial charge in [-0.1, -0.05) is 29.8 Å². The Hall–Kier alpha value is -0.900. The summed E-state index contributed by atoms with van der Waals surface area (Å²) in [6, 6.07) is 8.65. The van der Waals surface area contributed by atoms with E-state index in [1.54, 1.807) is 7.11 Å². The monoisotopic (exact) mass is 262 g/mol. The van der Waals surface area contributed by atoms with Crippen LogP contribution in [0, 0.1) is 12.8 Å². The number of hydrogen-bond donors (Lipinski definition) is 1. The first-order chi connectivity index (χ1) is 9.19. The van der Waals surface area contributed by atoms with Gasteiger partial charge in [-0.3, -0.25) is 0 Å². The smallest absolute Gasteiger partial charge is 0.0502 e. The predicted octanol–water partition coefficient (Wildman–Crippen LogP) is 2.35. The highest BCUT2D eigenvalue weighted by molar-refractivity contribution is 5.25. The number of aryl methyl sites for hydroxylation is 1. The van der Waals surface area contributed by atoms with Crippen molar-refractivity contribution in [3.63, 3.8) is 0 Å². The van der Waals surface area contributed by atoms with Gasteiger partial charge in [0.1, 0.15) is 0 Å². The van der Waals surface area contributed by atoms with Crippen LogP contribution in [0.25, 0.3) is 0 Å². The zero-order valence-corrected chi connectivity index (χ0v) is 12.1. The molecule has 0 amide bonds. The van der Waals surface area contributed by atoms with Crippen LogP contribution in [-0.4, -0.2) is 38.3 Å². The molecular weight excluding hydrogens is 236 g/mol. The van der Waals surface area contributed by atoms with Gasteiger partial charge in [0.15, 0.2) is 0 Å². The van der Waals surface area contributed by atoms with Crippen LogP contribution >= 0.6 is 0 Å². The number of ether oxygens (including phenoxy) is 1. The van der Waals surface area contributed by atoms with Crippen molar-refractivity contribution in [1.29, 1.82) is 0 Å². The van der Waals surface area contributed by atoms with E-state index < -0.39 is 0 Å². The first-order valence-electron chi connectivity index (χ1n) is 7.22. The molecular formula is C16H26N2O. The summed E-state index contributed by atoms with van der Waals surface area (Å²) in [5.41, 5.74) is 8.87. The molecule has 2 rings (SSSR count). The lowest BCUT2D eigenvalue weighted by Crippen LogP contribution is -2.40. The number of methoxy groups -OCH3 is 1. The van der Waals surface area contributed by atoms with Crippen LogP contribution < -0.4 is 5.73 Å². The maximum atomic E-state index is 6.34. The highest BCUT2D eigenvalue weighted by Gasteiger charge is 2.21. The van der Waals surface area contributed by atoms with E-state index in [1.807, 2.05) is 0 Å². The van der Waals surface area contributed by atoms with Crippen molar-refractivity contribution in [2.45, 2.75) is 25.8 Å². The van der Waals surface area contributed by atoms with Gasteiger partial charge in [0.2, 0.25) is 0 Å². The fourth-order valence-electron chi connectivity index (χ4n) is 2.97. The average molecular weight is 262 g/mol. The highest BCUT2D eigenvalue weighted by Crippen LogP contribution is 2.20. The molecule has 3 heteroatoms. The number of benzene rings is 1. The molecule has 2 N–H and O–H groups in total. The van der Waals surface area contributed by atoms with Gasteiger partial charge in [0.25, 0.3) is 0 Å². The molecule has 1 aromatic carbocycles. The van der Waals surface area contributed by atoms with E-state index >= 15 is 0 Å². The summed E-state index contributed by atoms with van der Waals surface area (Å²) in [6.45, 7) is 6.22. The van der Waals surface area contributed by atoms with Crippen LogP contribution in [0.15, 0.2) is 24.3 Å². The van der Waals surface area contributed by atoms with Crippen molar-refractivity contribution in [3.8, 4) is 0 Å². The maximum absolute atomic E-state index is 6.34. The van der Waals surface area contributed by atoms with E-state index in [4.69, 9.17) is 10.5 Å². The van der Waals surface area contributed by atoms with Gasteiger partial charge in [-0.2, -0.15) is 0 Å². The Kier molecular flexibility index (Phi) is 5.37. The minimum absolute atomic E-state index is 0.112. The summed E-state index contributed by atoms with van der Waals surface area (Å²) in [4.78, 5) is 2.49. The van der Waals surface area contributed by atoms with Crippen molar-refractivity contribution in [2.75, 3.05) is 33.4 Å². The molecule has 2 unspecified atom stereocenters. The summed E-state index contributed by atoms with van der Waals surface area (Å²) in [5.74, 6) is 0.670. The SMILES string of the molecule is COCC1CCCN(CC(N)c2cccc(C)c2)C1. The second kappa shape index (κ2) is 7.04. The minimum Gasteiger partial charge on any atom is -0.384 e. The van der Waals surface area contributed by atoms with Crippen LogP contribution in [0.5, 0.6) is 0 Å². The molecule has 19 heavy (non-hydrogen) atoms. The second-order valence-electron chi connectivity index (χ2n) is 5.74. The van der Waals surface area contributed by atoms with Crippen LogP contribution in [0.4, 0.5) is 0 Å². The summed E-state index contributed by atoms with van der Waals surface area (Å²) in [6.07, 6.45) is 2.54. The molecule has 0 saturated carbocycles. The third kappa shape index (κ3) is 4.30. The number of nitrogens with zero attached hydrogens (tertiary/aromatic N) is 1. The van der Waals surface area contributed by atoms with Gasteiger partial charge in [-0.05, 0) is 37.8 Å². The molecule has 1 heterocycles. The van der Waals surface area contributed by atoms with Gasteiger partial charge in [0, 0.05) is 26.2 Å². The molecule has 0 bridgehead atoms. The molecule has 3 nitrogen and oxygen atoms in total. The summed E-state index contributed by atoms with van der Waals surface area (Å²) in [5, 5.41) is 0. The Morgan fingerprint density at radius 2 is 2.32 bits per heavy atom. The van der Waals surface area contributed by atoms with Gasteiger partial charge in [0.05, 0.1) is 6.61 Å². The van der Waals surface area contributed by atoms with Crippen molar-refractivity contribution >= 4 is 0 Å². The fraction of sp³-hybridized carbons (Fsp3) is 0.625. The Morgan fingerprint density at radius 1 is 1.47 bits per heavy atom. The first-order valence-corrected chi connectivity index (χ1v) is 7.22. The third-order valence-electron chi connectivity index (χ3n) is 3.93. The Morgan fingerprint density at radius 3 is 3.05 bits per heavy atom. The molecule has 1 fully saturated rings. The van der Waals surface area contributed by atoms with Crippen LogP contribution in [-0.2, 0) is 4.74 Å². The first kappa shape index (κ1) is 14.5. The van der Waals surface area contributed by atoms with Crippen molar-refractivity contribution in [2.24, 2.45) is 11.7 Å². The number of likely N-dealkylation sites (tertiary alicyclic amines) is 1. The van der Waals surface area contributed by atoms with Crippen molar-refractivity contribution in [1.82, 2.24) is 4.90 Å². The molecule has 1 saturated heterocycles. The molecule has 1 aliphatic rings. The lowest BCUT2D eigenvalue weighted by molar-refractivity contribution is 0.0878. The Balaban J connectivity index is 1.89. The molecule has 2 atom stereocenters. The van der Waals surface area contributed by atoms with E-state index in [0.29, 0.717) is 5.92 Å². The summed E-state index contributed by atoms with van der Waals surface area (Å²) < 4.78 is 5.28. The highest BCUT2D eigenvalue weighted by atomic mass is 16.5. The quantitative estimate of drug-likeness (QED) is 0.885. The number of rotatable bonds is 5. The van der Waals surface area contributed by atoms with E-state index in [-0.39, 0.29) is 6.04 Å².